The molecule has 184 valence electrons. The summed E-state index contributed by atoms with van der Waals surface area (Å²) in [4.78, 5) is 60.3. The molecule has 4 atom stereocenters. The molecule has 0 aliphatic rings. The molecule has 4 unspecified atom stereocenters. The fourth-order valence-electron chi connectivity index (χ4n) is 2.72. The Hall–Kier alpha value is -2.38. The summed E-state index contributed by atoms with van der Waals surface area (Å²) in [6.45, 7) is 3.76. The lowest BCUT2D eigenvalue weighted by Gasteiger charge is -2.26. The van der Waals surface area contributed by atoms with E-state index in [0.29, 0.717) is 19.4 Å². The molecular formula is C19H36N6O6S. The van der Waals surface area contributed by atoms with Crippen LogP contribution in [-0.2, 0) is 24.0 Å². The highest BCUT2D eigenvalue weighted by Gasteiger charge is 2.31. The second kappa shape index (κ2) is 15.4. The number of primary amides is 1. The smallest absolute Gasteiger partial charge is 0.326 e. The molecule has 13 heteroatoms. The molecule has 0 aliphatic heterocycles. The number of unbranched alkanes of at least 4 members (excludes halogenated alkanes) is 1. The van der Waals surface area contributed by atoms with Crippen LogP contribution in [0.25, 0.3) is 0 Å². The van der Waals surface area contributed by atoms with Crippen molar-refractivity contribution in [3.8, 4) is 0 Å². The minimum atomic E-state index is -1.23. The molecule has 0 saturated carbocycles. The molecule has 12 nitrogen and oxygen atoms in total. The number of hydrogen-bond acceptors (Lipinski definition) is 8. The summed E-state index contributed by atoms with van der Waals surface area (Å²) in [6, 6.07) is -4.36. The van der Waals surface area contributed by atoms with E-state index in [1.807, 2.05) is 0 Å². The fourth-order valence-corrected chi connectivity index (χ4v) is 2.88. The van der Waals surface area contributed by atoms with Gasteiger partial charge in [-0.2, -0.15) is 12.6 Å². The van der Waals surface area contributed by atoms with Gasteiger partial charge in [-0.3, -0.25) is 19.2 Å². The number of carboxylic acids is 1. The standard InChI is InChI=1S/C19H36N6O6S/c1-10(2)15(25-16(27)11(21)9-32)18(29)23-12(6-7-14(22)26)17(28)24-13(19(30)31)5-3-4-8-20/h10-13,15,32H,3-9,20-21H2,1-2H3,(H2,22,26)(H,23,29)(H,24,28)(H,25,27)(H,30,31). The van der Waals surface area contributed by atoms with Gasteiger partial charge in [0.2, 0.25) is 23.6 Å². The van der Waals surface area contributed by atoms with Crippen molar-refractivity contribution in [2.45, 2.75) is 70.1 Å². The Kier molecular flexibility index (Phi) is 14.3. The van der Waals surface area contributed by atoms with Crippen molar-refractivity contribution in [3.05, 3.63) is 0 Å². The number of aliphatic carboxylic acids is 1. The summed E-state index contributed by atoms with van der Waals surface area (Å²) >= 11 is 3.95. The summed E-state index contributed by atoms with van der Waals surface area (Å²) in [5.74, 6) is -4.25. The second-order valence-corrected chi connectivity index (χ2v) is 8.13. The van der Waals surface area contributed by atoms with Crippen molar-refractivity contribution in [1.29, 1.82) is 0 Å². The topological polar surface area (TPSA) is 220 Å². The van der Waals surface area contributed by atoms with Gasteiger partial charge in [-0.1, -0.05) is 13.8 Å². The van der Waals surface area contributed by atoms with Crippen LogP contribution < -0.4 is 33.2 Å². The third kappa shape index (κ3) is 11.3. The first kappa shape index (κ1) is 29.6. The molecule has 0 radical (unpaired) electrons. The number of carboxylic acid groups (broad SMARTS) is 1. The number of carbonyl (C=O) groups excluding carboxylic acids is 4. The van der Waals surface area contributed by atoms with E-state index in [-0.39, 0.29) is 30.9 Å². The lowest BCUT2D eigenvalue weighted by molar-refractivity contribution is -0.142. The van der Waals surface area contributed by atoms with Crippen LogP contribution in [0.1, 0.15) is 46.0 Å². The third-order valence-electron chi connectivity index (χ3n) is 4.65. The first-order valence-electron chi connectivity index (χ1n) is 10.4. The predicted molar refractivity (Wildman–Crippen MR) is 121 cm³/mol. The maximum absolute atomic E-state index is 12.8. The average molecular weight is 477 g/mol. The molecule has 0 bridgehead atoms. The average Bonchev–Trinajstić information content (AvgIpc) is 2.72. The van der Waals surface area contributed by atoms with Gasteiger partial charge in [0.05, 0.1) is 6.04 Å². The van der Waals surface area contributed by atoms with Gasteiger partial charge in [-0.05, 0) is 38.1 Å². The monoisotopic (exact) mass is 476 g/mol. The molecule has 0 fully saturated rings. The molecule has 0 rings (SSSR count). The van der Waals surface area contributed by atoms with E-state index in [1.54, 1.807) is 13.8 Å². The van der Waals surface area contributed by atoms with Gasteiger partial charge in [0.15, 0.2) is 0 Å². The molecule has 0 spiro atoms. The number of carbonyl (C=O) groups is 5. The van der Waals surface area contributed by atoms with E-state index in [0.717, 1.165) is 0 Å². The Morgan fingerprint density at radius 2 is 1.50 bits per heavy atom. The highest BCUT2D eigenvalue weighted by molar-refractivity contribution is 7.80. The van der Waals surface area contributed by atoms with E-state index < -0.39 is 53.8 Å². The van der Waals surface area contributed by atoms with Gasteiger partial charge >= 0.3 is 5.97 Å². The molecule has 0 aliphatic carbocycles. The molecule has 0 heterocycles. The van der Waals surface area contributed by atoms with E-state index in [1.165, 1.54) is 0 Å². The number of amides is 4. The predicted octanol–water partition coefficient (Wildman–Crippen LogP) is -2.17. The maximum Gasteiger partial charge on any atom is 0.326 e. The molecular weight excluding hydrogens is 440 g/mol. The Labute approximate surface area is 193 Å². The maximum atomic E-state index is 12.8. The van der Waals surface area contributed by atoms with Crippen molar-refractivity contribution in [1.82, 2.24) is 16.0 Å². The first-order chi connectivity index (χ1) is 14.9. The van der Waals surface area contributed by atoms with Crippen molar-refractivity contribution < 1.29 is 29.1 Å². The summed E-state index contributed by atoms with van der Waals surface area (Å²) in [7, 11) is 0. The van der Waals surface area contributed by atoms with E-state index in [9.17, 15) is 29.1 Å². The van der Waals surface area contributed by atoms with Gasteiger partial charge in [0, 0.05) is 12.2 Å². The Morgan fingerprint density at radius 3 is 1.97 bits per heavy atom. The lowest BCUT2D eigenvalue weighted by atomic mass is 10.0. The van der Waals surface area contributed by atoms with Crippen LogP contribution in [0.4, 0.5) is 0 Å². The minimum Gasteiger partial charge on any atom is -0.480 e. The Balaban J connectivity index is 5.41. The molecule has 0 aromatic heterocycles. The SMILES string of the molecule is CC(C)C(NC(=O)C(N)CS)C(=O)NC(CCC(N)=O)C(=O)NC(CCCCN)C(=O)O. The van der Waals surface area contributed by atoms with Crippen LogP contribution in [0.15, 0.2) is 0 Å². The zero-order valence-corrected chi connectivity index (χ0v) is 19.4. The summed E-state index contributed by atoms with van der Waals surface area (Å²) in [5, 5.41) is 16.7. The van der Waals surface area contributed by atoms with Crippen LogP contribution in [0.5, 0.6) is 0 Å². The van der Waals surface area contributed by atoms with Crippen molar-refractivity contribution in [3.63, 3.8) is 0 Å². The lowest BCUT2D eigenvalue weighted by Crippen LogP contribution is -2.58. The number of rotatable bonds is 16. The Morgan fingerprint density at radius 1 is 0.906 bits per heavy atom. The Bertz CT molecular complexity index is 662. The molecule has 32 heavy (non-hydrogen) atoms. The molecule has 0 saturated heterocycles. The van der Waals surface area contributed by atoms with Gasteiger partial charge in [0.25, 0.3) is 0 Å². The van der Waals surface area contributed by atoms with Crippen LogP contribution in [0, 0.1) is 5.92 Å². The van der Waals surface area contributed by atoms with E-state index in [4.69, 9.17) is 17.2 Å². The van der Waals surface area contributed by atoms with Crippen LogP contribution in [-0.4, -0.2) is 71.2 Å². The summed E-state index contributed by atoms with van der Waals surface area (Å²) < 4.78 is 0. The number of hydrogen-bond donors (Lipinski definition) is 8. The van der Waals surface area contributed by atoms with E-state index >= 15 is 0 Å². The third-order valence-corrected chi connectivity index (χ3v) is 5.05. The van der Waals surface area contributed by atoms with Gasteiger partial charge in [-0.15, -0.1) is 0 Å². The second-order valence-electron chi connectivity index (χ2n) is 7.77. The van der Waals surface area contributed by atoms with Gasteiger partial charge < -0.3 is 38.3 Å². The molecule has 10 N–H and O–H groups in total. The highest BCUT2D eigenvalue weighted by Crippen LogP contribution is 2.07. The summed E-state index contributed by atoms with van der Waals surface area (Å²) in [6.07, 6.45) is 0.870. The van der Waals surface area contributed by atoms with Crippen molar-refractivity contribution >= 4 is 42.2 Å². The number of nitrogens with two attached hydrogens (primary N) is 3. The zero-order valence-electron chi connectivity index (χ0n) is 18.5. The first-order valence-corrected chi connectivity index (χ1v) is 11.1. The fraction of sp³-hybridized carbons (Fsp3) is 0.737. The number of thiol groups is 1. The normalized spacial score (nSPS) is 14.7. The summed E-state index contributed by atoms with van der Waals surface area (Å²) in [5.41, 5.74) is 16.2. The van der Waals surface area contributed by atoms with Crippen LogP contribution in [0.2, 0.25) is 0 Å². The van der Waals surface area contributed by atoms with Crippen molar-refractivity contribution in [2.75, 3.05) is 12.3 Å². The molecule has 4 amide bonds. The number of nitrogens with one attached hydrogen (secondary N) is 3. The van der Waals surface area contributed by atoms with Crippen LogP contribution in [0.3, 0.4) is 0 Å². The van der Waals surface area contributed by atoms with Gasteiger partial charge in [0.1, 0.15) is 18.1 Å². The quantitative estimate of drug-likeness (QED) is 0.0902. The van der Waals surface area contributed by atoms with Crippen LogP contribution >= 0.6 is 12.6 Å². The largest absolute Gasteiger partial charge is 0.480 e. The molecule has 0 aromatic carbocycles. The minimum absolute atomic E-state index is 0.0721. The zero-order chi connectivity index (χ0) is 24.8. The highest BCUT2D eigenvalue weighted by atomic mass is 32.1. The van der Waals surface area contributed by atoms with E-state index in [2.05, 4.69) is 28.6 Å². The van der Waals surface area contributed by atoms with Crippen molar-refractivity contribution in [2.24, 2.45) is 23.1 Å². The molecule has 0 aromatic rings. The van der Waals surface area contributed by atoms with Gasteiger partial charge in [-0.25, -0.2) is 4.79 Å².